The van der Waals surface area contributed by atoms with Gasteiger partial charge in [-0.2, -0.15) is 0 Å². The van der Waals surface area contributed by atoms with Crippen LogP contribution in [0.4, 0.5) is 0 Å². The lowest BCUT2D eigenvalue weighted by atomic mass is 9.98. The molecule has 25 heavy (non-hydrogen) atoms. The molecule has 0 unspecified atom stereocenters. The number of piperidine rings is 1. The molecule has 0 saturated carbocycles. The Kier molecular flexibility index (Phi) is 6.19. The first kappa shape index (κ1) is 18.5. The molecule has 1 aromatic carbocycles. The zero-order valence-corrected chi connectivity index (χ0v) is 16.3. The van der Waals surface area contributed by atoms with Crippen molar-refractivity contribution in [2.45, 2.75) is 24.1 Å². The molecule has 5 nitrogen and oxygen atoms in total. The van der Waals surface area contributed by atoms with Gasteiger partial charge >= 0.3 is 5.97 Å². The maximum atomic E-state index is 12.5. The molecule has 0 radical (unpaired) electrons. The summed E-state index contributed by atoms with van der Waals surface area (Å²) in [5, 5.41) is 0.656. The van der Waals surface area contributed by atoms with E-state index in [9.17, 15) is 9.59 Å². The van der Waals surface area contributed by atoms with Gasteiger partial charge in [0.25, 0.3) is 0 Å². The largest absolute Gasteiger partial charge is 0.466 e. The van der Waals surface area contributed by atoms with E-state index in [2.05, 4.69) is 4.98 Å². The van der Waals surface area contributed by atoms with E-state index in [0.717, 1.165) is 27.4 Å². The van der Waals surface area contributed by atoms with Gasteiger partial charge in [-0.3, -0.25) is 9.59 Å². The lowest BCUT2D eigenvalue weighted by Gasteiger charge is -2.31. The third-order valence-electron chi connectivity index (χ3n) is 4.04. The van der Waals surface area contributed by atoms with Gasteiger partial charge in [-0.25, -0.2) is 4.98 Å². The number of fused-ring (bicyclic) bond motifs is 1. The summed E-state index contributed by atoms with van der Waals surface area (Å²) in [5.74, 6) is -0.0393. The maximum absolute atomic E-state index is 12.5. The van der Waals surface area contributed by atoms with E-state index in [1.54, 1.807) is 23.2 Å². The monoisotopic (exact) mass is 398 g/mol. The number of benzene rings is 1. The van der Waals surface area contributed by atoms with Crippen molar-refractivity contribution < 1.29 is 14.3 Å². The molecule has 1 aliphatic rings. The quantitative estimate of drug-likeness (QED) is 0.565. The van der Waals surface area contributed by atoms with Crippen molar-refractivity contribution in [1.82, 2.24) is 9.88 Å². The predicted molar refractivity (Wildman–Crippen MR) is 101 cm³/mol. The number of nitrogens with zero attached hydrogens (tertiary/aromatic N) is 2. The zero-order valence-electron chi connectivity index (χ0n) is 13.9. The molecular formula is C17H19ClN2O3S2. The smallest absolute Gasteiger partial charge is 0.310 e. The topological polar surface area (TPSA) is 59.5 Å². The van der Waals surface area contributed by atoms with Gasteiger partial charge in [0.1, 0.15) is 0 Å². The second-order valence-corrected chi connectivity index (χ2v) is 8.50. The van der Waals surface area contributed by atoms with Gasteiger partial charge in [0.05, 0.1) is 28.5 Å². The van der Waals surface area contributed by atoms with Crippen molar-refractivity contribution in [2.24, 2.45) is 5.92 Å². The molecule has 0 N–H and O–H groups in total. The number of aromatic nitrogens is 1. The summed E-state index contributed by atoms with van der Waals surface area (Å²) in [6.45, 7) is 3.32. The Morgan fingerprint density at radius 1 is 1.48 bits per heavy atom. The number of hydrogen-bond donors (Lipinski definition) is 0. The molecule has 1 atom stereocenters. The SMILES string of the molecule is CCOC(=O)[C@@H]1CCCN(C(=O)CSc2nc3cc(Cl)ccc3s2)C1. The number of esters is 1. The van der Waals surface area contributed by atoms with E-state index in [4.69, 9.17) is 16.3 Å². The standard InChI is InChI=1S/C17H19ClN2O3S2/c1-2-23-16(22)11-4-3-7-20(9-11)15(21)10-24-17-19-13-8-12(18)5-6-14(13)25-17/h5-6,8,11H,2-4,7,9-10H2,1H3/t11-/m1/s1. The third-order valence-corrected chi connectivity index (χ3v) is 6.44. The van der Waals surface area contributed by atoms with Gasteiger partial charge in [-0.1, -0.05) is 23.4 Å². The highest BCUT2D eigenvalue weighted by atomic mass is 35.5. The number of amides is 1. The van der Waals surface area contributed by atoms with E-state index in [1.807, 2.05) is 18.2 Å². The Morgan fingerprint density at radius 2 is 2.32 bits per heavy atom. The minimum atomic E-state index is -0.202. The van der Waals surface area contributed by atoms with Crippen LogP contribution in [0.2, 0.25) is 5.02 Å². The van der Waals surface area contributed by atoms with Gasteiger partial charge in [0, 0.05) is 18.1 Å². The molecule has 1 aromatic heterocycles. The highest BCUT2D eigenvalue weighted by Crippen LogP contribution is 2.31. The Hall–Kier alpha value is -1.31. The highest BCUT2D eigenvalue weighted by Gasteiger charge is 2.29. The van der Waals surface area contributed by atoms with Crippen molar-refractivity contribution in [1.29, 1.82) is 0 Å². The minimum Gasteiger partial charge on any atom is -0.466 e. The number of rotatable bonds is 5. The van der Waals surface area contributed by atoms with Crippen molar-refractivity contribution in [3.05, 3.63) is 23.2 Å². The van der Waals surface area contributed by atoms with Crippen LogP contribution in [0.1, 0.15) is 19.8 Å². The van der Waals surface area contributed by atoms with Crippen molar-refractivity contribution in [3.8, 4) is 0 Å². The number of carbonyl (C=O) groups is 2. The fraction of sp³-hybridized carbons (Fsp3) is 0.471. The second-order valence-electron chi connectivity index (χ2n) is 5.81. The number of halogens is 1. The lowest BCUT2D eigenvalue weighted by Crippen LogP contribution is -2.43. The van der Waals surface area contributed by atoms with Crippen LogP contribution in [-0.4, -0.2) is 47.2 Å². The molecule has 8 heteroatoms. The number of hydrogen-bond acceptors (Lipinski definition) is 6. The Morgan fingerprint density at radius 3 is 3.12 bits per heavy atom. The summed E-state index contributed by atoms with van der Waals surface area (Å²) in [7, 11) is 0. The van der Waals surface area contributed by atoms with Crippen LogP contribution < -0.4 is 0 Å². The van der Waals surface area contributed by atoms with Crippen molar-refractivity contribution in [2.75, 3.05) is 25.4 Å². The lowest BCUT2D eigenvalue weighted by molar-refractivity contribution is -0.151. The average molecular weight is 399 g/mol. The zero-order chi connectivity index (χ0) is 17.8. The van der Waals surface area contributed by atoms with Gasteiger partial charge in [-0.15, -0.1) is 11.3 Å². The third kappa shape index (κ3) is 4.65. The molecule has 0 aliphatic carbocycles. The second kappa shape index (κ2) is 8.38. The molecule has 1 amide bonds. The number of ether oxygens (including phenoxy) is 1. The predicted octanol–water partition coefficient (Wildman–Crippen LogP) is 3.84. The maximum Gasteiger partial charge on any atom is 0.310 e. The molecule has 2 aromatic rings. The van der Waals surface area contributed by atoms with Crippen molar-refractivity contribution >= 4 is 56.8 Å². The van der Waals surface area contributed by atoms with Crippen LogP contribution >= 0.6 is 34.7 Å². The highest BCUT2D eigenvalue weighted by molar-refractivity contribution is 8.01. The van der Waals surface area contributed by atoms with E-state index >= 15 is 0 Å². The van der Waals surface area contributed by atoms with E-state index in [1.165, 1.54) is 11.8 Å². The number of thiazole rings is 1. The molecule has 1 fully saturated rings. The summed E-state index contributed by atoms with van der Waals surface area (Å²) in [6.07, 6.45) is 1.62. The van der Waals surface area contributed by atoms with Crippen LogP contribution in [0.15, 0.2) is 22.5 Å². The molecule has 1 saturated heterocycles. The number of thioether (sulfide) groups is 1. The Balaban J connectivity index is 1.56. The van der Waals surface area contributed by atoms with Crippen LogP contribution in [-0.2, 0) is 14.3 Å². The Bertz CT molecular complexity index is 780. The van der Waals surface area contributed by atoms with Crippen LogP contribution in [0.25, 0.3) is 10.2 Å². The molecule has 0 spiro atoms. The van der Waals surface area contributed by atoms with Crippen LogP contribution in [0, 0.1) is 5.92 Å². The molecule has 2 heterocycles. The normalized spacial score (nSPS) is 17.7. The van der Waals surface area contributed by atoms with Crippen LogP contribution in [0.3, 0.4) is 0 Å². The first-order valence-corrected chi connectivity index (χ1v) is 10.4. The average Bonchev–Trinajstić information content (AvgIpc) is 3.02. The van der Waals surface area contributed by atoms with Gasteiger partial charge in [0.15, 0.2) is 4.34 Å². The summed E-state index contributed by atoms with van der Waals surface area (Å²) in [5.41, 5.74) is 0.854. The van der Waals surface area contributed by atoms with Crippen molar-refractivity contribution in [3.63, 3.8) is 0 Å². The molecule has 134 valence electrons. The van der Waals surface area contributed by atoms with Crippen LogP contribution in [0.5, 0.6) is 0 Å². The molecule has 3 rings (SSSR count). The molecule has 0 bridgehead atoms. The summed E-state index contributed by atoms with van der Waals surface area (Å²) in [4.78, 5) is 30.6. The van der Waals surface area contributed by atoms with E-state index in [-0.39, 0.29) is 17.8 Å². The minimum absolute atomic E-state index is 0.0382. The van der Waals surface area contributed by atoms with Gasteiger partial charge in [0.2, 0.25) is 5.91 Å². The fourth-order valence-electron chi connectivity index (χ4n) is 2.81. The first-order valence-electron chi connectivity index (χ1n) is 8.20. The van der Waals surface area contributed by atoms with E-state index in [0.29, 0.717) is 30.5 Å². The molecular weight excluding hydrogens is 380 g/mol. The summed E-state index contributed by atoms with van der Waals surface area (Å²) in [6, 6.07) is 5.61. The number of carbonyl (C=O) groups excluding carboxylic acids is 2. The fourth-order valence-corrected chi connectivity index (χ4v) is 4.93. The molecule has 1 aliphatic heterocycles. The first-order chi connectivity index (χ1) is 12.1. The Labute approximate surface area is 159 Å². The van der Waals surface area contributed by atoms with Gasteiger partial charge in [-0.05, 0) is 38.0 Å². The summed E-state index contributed by atoms with van der Waals surface area (Å²) >= 11 is 8.96. The number of likely N-dealkylation sites (tertiary alicyclic amines) is 1. The van der Waals surface area contributed by atoms with E-state index < -0.39 is 0 Å². The summed E-state index contributed by atoms with van der Waals surface area (Å²) < 4.78 is 6.99. The van der Waals surface area contributed by atoms with Gasteiger partial charge < -0.3 is 9.64 Å².